The van der Waals surface area contributed by atoms with E-state index in [9.17, 15) is 9.59 Å². The summed E-state index contributed by atoms with van der Waals surface area (Å²) in [5, 5.41) is 14.6. The molecular formula is C17H17N3O2S. The Morgan fingerprint density at radius 3 is 2.39 bits per heavy atom. The smallest absolute Gasteiger partial charge is 0.245 e. The van der Waals surface area contributed by atoms with Gasteiger partial charge in [-0.05, 0) is 20.8 Å². The molecule has 118 valence electrons. The molecule has 0 aliphatic heterocycles. The predicted octanol–water partition coefficient (Wildman–Crippen LogP) is 2.97. The highest BCUT2D eigenvalue weighted by atomic mass is 32.1. The second-order valence-electron chi connectivity index (χ2n) is 5.46. The van der Waals surface area contributed by atoms with Crippen LogP contribution in [0.25, 0.3) is 10.6 Å². The molecule has 0 saturated heterocycles. The van der Waals surface area contributed by atoms with Gasteiger partial charge in [-0.25, -0.2) is 4.98 Å². The number of thiazole rings is 1. The number of amides is 1. The summed E-state index contributed by atoms with van der Waals surface area (Å²) < 4.78 is 0. The van der Waals surface area contributed by atoms with E-state index in [4.69, 9.17) is 5.26 Å². The van der Waals surface area contributed by atoms with Crippen molar-refractivity contribution in [3.05, 3.63) is 40.9 Å². The van der Waals surface area contributed by atoms with Gasteiger partial charge in [-0.15, -0.1) is 11.3 Å². The number of aryl methyl sites for hydroxylation is 1. The summed E-state index contributed by atoms with van der Waals surface area (Å²) in [5.74, 6) is -2.38. The lowest BCUT2D eigenvalue weighted by atomic mass is 9.97. The number of ketones is 1. The van der Waals surface area contributed by atoms with Gasteiger partial charge in [0.2, 0.25) is 5.91 Å². The van der Waals surface area contributed by atoms with Gasteiger partial charge in [0.05, 0.1) is 6.07 Å². The van der Waals surface area contributed by atoms with Crippen molar-refractivity contribution in [3.8, 4) is 16.6 Å². The minimum Gasteiger partial charge on any atom is -0.352 e. The molecule has 0 unspecified atom stereocenters. The van der Waals surface area contributed by atoms with E-state index >= 15 is 0 Å². The minimum atomic E-state index is -1.33. The number of rotatable bonds is 5. The van der Waals surface area contributed by atoms with Crippen molar-refractivity contribution in [2.24, 2.45) is 5.92 Å². The van der Waals surface area contributed by atoms with E-state index in [0.717, 1.165) is 16.3 Å². The molecule has 1 aromatic carbocycles. The average molecular weight is 327 g/mol. The molecule has 6 heteroatoms. The Labute approximate surface area is 139 Å². The second-order valence-corrected chi connectivity index (χ2v) is 6.32. The molecule has 0 radical (unpaired) electrons. The van der Waals surface area contributed by atoms with Crippen molar-refractivity contribution in [1.29, 1.82) is 5.26 Å². The second kappa shape index (κ2) is 7.16. The van der Waals surface area contributed by atoms with E-state index in [1.807, 2.05) is 12.3 Å². The highest BCUT2D eigenvalue weighted by Gasteiger charge is 2.27. The molecule has 0 spiro atoms. The molecule has 0 aliphatic rings. The highest BCUT2D eigenvalue weighted by molar-refractivity contribution is 7.13. The van der Waals surface area contributed by atoms with Gasteiger partial charge in [0.1, 0.15) is 5.01 Å². The molecule has 0 bridgehead atoms. The van der Waals surface area contributed by atoms with Gasteiger partial charge in [-0.1, -0.05) is 24.3 Å². The normalized spacial score (nSPS) is 11.8. The number of nitrogens with zero attached hydrogens (tertiary/aromatic N) is 2. The van der Waals surface area contributed by atoms with Crippen molar-refractivity contribution >= 4 is 23.0 Å². The molecule has 1 aromatic heterocycles. The summed E-state index contributed by atoms with van der Waals surface area (Å²) in [7, 11) is 0. The number of hydrogen-bond donors (Lipinski definition) is 1. The van der Waals surface area contributed by atoms with Gasteiger partial charge < -0.3 is 5.32 Å². The zero-order valence-electron chi connectivity index (χ0n) is 13.2. The van der Waals surface area contributed by atoms with Crippen LogP contribution in [0.5, 0.6) is 0 Å². The van der Waals surface area contributed by atoms with Crippen LogP contribution in [0.3, 0.4) is 0 Å². The maximum Gasteiger partial charge on any atom is 0.245 e. The average Bonchev–Trinajstić information content (AvgIpc) is 2.94. The Balaban J connectivity index is 2.19. The van der Waals surface area contributed by atoms with Crippen molar-refractivity contribution in [3.63, 3.8) is 0 Å². The lowest BCUT2D eigenvalue weighted by molar-refractivity contribution is -0.122. The molecular weight excluding hydrogens is 310 g/mol. The molecule has 1 amide bonds. The first kappa shape index (κ1) is 16.8. The van der Waals surface area contributed by atoms with Crippen LogP contribution in [-0.4, -0.2) is 22.7 Å². The standard InChI is InChI=1S/C17H17N3O2S/c1-10(2)19-16(22)14(8-18)15(21)12-4-6-13(7-5-12)17-20-11(3)9-23-17/h4-7,9-10,14H,1-3H3,(H,19,22)/t14-/m1/s1. The maximum absolute atomic E-state index is 12.4. The van der Waals surface area contributed by atoms with Gasteiger partial charge in [0, 0.05) is 28.2 Å². The van der Waals surface area contributed by atoms with Crippen LogP contribution in [0.4, 0.5) is 0 Å². The molecule has 5 nitrogen and oxygen atoms in total. The highest BCUT2D eigenvalue weighted by Crippen LogP contribution is 2.24. The lowest BCUT2D eigenvalue weighted by Gasteiger charge is -2.12. The molecule has 0 saturated carbocycles. The van der Waals surface area contributed by atoms with E-state index < -0.39 is 17.6 Å². The first-order chi connectivity index (χ1) is 10.9. The van der Waals surface area contributed by atoms with Gasteiger partial charge in [-0.3, -0.25) is 9.59 Å². The molecule has 2 aromatic rings. The molecule has 1 atom stereocenters. The van der Waals surface area contributed by atoms with Crippen LogP contribution in [0.1, 0.15) is 29.9 Å². The minimum absolute atomic E-state index is 0.123. The van der Waals surface area contributed by atoms with E-state index in [-0.39, 0.29) is 6.04 Å². The van der Waals surface area contributed by atoms with Crippen LogP contribution in [-0.2, 0) is 4.79 Å². The predicted molar refractivity (Wildman–Crippen MR) is 89.0 cm³/mol. The quantitative estimate of drug-likeness (QED) is 0.676. The Bertz CT molecular complexity index is 757. The van der Waals surface area contributed by atoms with Crippen LogP contribution in [0.15, 0.2) is 29.6 Å². The third-order valence-corrected chi connectivity index (χ3v) is 4.13. The van der Waals surface area contributed by atoms with Crippen LogP contribution < -0.4 is 5.32 Å². The maximum atomic E-state index is 12.4. The molecule has 2 rings (SSSR count). The summed E-state index contributed by atoms with van der Waals surface area (Å²) in [4.78, 5) is 28.7. The summed E-state index contributed by atoms with van der Waals surface area (Å²) >= 11 is 1.53. The van der Waals surface area contributed by atoms with E-state index in [1.54, 1.807) is 44.2 Å². The van der Waals surface area contributed by atoms with Gasteiger partial charge in [0.15, 0.2) is 11.7 Å². The number of nitrogens with one attached hydrogen (secondary N) is 1. The van der Waals surface area contributed by atoms with Crippen molar-refractivity contribution in [2.75, 3.05) is 0 Å². The first-order valence-electron chi connectivity index (χ1n) is 7.19. The number of carbonyl (C=O) groups is 2. The number of hydrogen-bond acceptors (Lipinski definition) is 5. The van der Waals surface area contributed by atoms with Gasteiger partial charge >= 0.3 is 0 Å². The van der Waals surface area contributed by atoms with E-state index in [0.29, 0.717) is 5.56 Å². The zero-order valence-corrected chi connectivity index (χ0v) is 14.0. The number of carbonyl (C=O) groups excluding carboxylic acids is 2. The fraction of sp³-hybridized carbons (Fsp3) is 0.294. The molecule has 0 aliphatic carbocycles. The number of benzene rings is 1. The zero-order chi connectivity index (χ0) is 17.0. The number of Topliss-reactive ketones (excluding diaryl/α,β-unsaturated/α-hetero) is 1. The fourth-order valence-electron chi connectivity index (χ4n) is 2.03. The first-order valence-corrected chi connectivity index (χ1v) is 8.07. The number of aromatic nitrogens is 1. The summed E-state index contributed by atoms with van der Waals surface area (Å²) in [6, 6.07) is 8.47. The van der Waals surface area contributed by atoms with Crippen molar-refractivity contribution in [1.82, 2.24) is 10.3 Å². The third kappa shape index (κ3) is 4.02. The van der Waals surface area contributed by atoms with Crippen LogP contribution in [0, 0.1) is 24.2 Å². The Morgan fingerprint density at radius 2 is 1.91 bits per heavy atom. The van der Waals surface area contributed by atoms with Crippen molar-refractivity contribution in [2.45, 2.75) is 26.8 Å². The third-order valence-electron chi connectivity index (χ3n) is 3.12. The Morgan fingerprint density at radius 1 is 1.26 bits per heavy atom. The van der Waals surface area contributed by atoms with Crippen molar-refractivity contribution < 1.29 is 9.59 Å². The molecule has 0 fully saturated rings. The van der Waals surface area contributed by atoms with Crippen LogP contribution >= 0.6 is 11.3 Å². The Hall–Kier alpha value is -2.52. The molecule has 23 heavy (non-hydrogen) atoms. The Kier molecular flexibility index (Phi) is 5.24. The molecule has 1 heterocycles. The SMILES string of the molecule is Cc1csc(-c2ccc(C(=O)[C@@H](C#N)C(=O)NC(C)C)cc2)n1. The van der Waals surface area contributed by atoms with Gasteiger partial charge in [0.25, 0.3) is 0 Å². The van der Waals surface area contributed by atoms with Crippen LogP contribution in [0.2, 0.25) is 0 Å². The van der Waals surface area contributed by atoms with Gasteiger partial charge in [-0.2, -0.15) is 5.26 Å². The molecule has 1 N–H and O–H groups in total. The topological polar surface area (TPSA) is 82.8 Å². The number of nitriles is 1. The van der Waals surface area contributed by atoms with E-state index in [1.165, 1.54) is 11.3 Å². The summed E-state index contributed by atoms with van der Waals surface area (Å²) in [6.45, 7) is 5.48. The van der Waals surface area contributed by atoms with E-state index in [2.05, 4.69) is 10.3 Å². The monoisotopic (exact) mass is 327 g/mol. The lowest BCUT2D eigenvalue weighted by Crippen LogP contribution is -2.38. The summed E-state index contributed by atoms with van der Waals surface area (Å²) in [6.07, 6.45) is 0. The summed E-state index contributed by atoms with van der Waals surface area (Å²) in [5.41, 5.74) is 2.19. The largest absolute Gasteiger partial charge is 0.352 e. The fourth-order valence-corrected chi connectivity index (χ4v) is 2.84.